The molecule has 3 heteroatoms. The molecular weight excluding hydrogens is 278 g/mol. The number of nitrogens with zero attached hydrogens (tertiary/aromatic N) is 1. The summed E-state index contributed by atoms with van der Waals surface area (Å²) < 4.78 is 0. The highest BCUT2D eigenvalue weighted by Crippen LogP contribution is 2.32. The Morgan fingerprint density at radius 3 is 2.14 bits per heavy atom. The van der Waals surface area contributed by atoms with Crippen LogP contribution in [0.15, 0.2) is 76.0 Å². The number of nitriles is 1. The Morgan fingerprint density at radius 1 is 1.05 bits per heavy atom. The minimum absolute atomic E-state index is 0.210. The maximum absolute atomic E-state index is 12.5. The van der Waals surface area contributed by atoms with Crippen LogP contribution in [0.5, 0.6) is 0 Å². The first kappa shape index (κ1) is 15.1. The van der Waals surface area contributed by atoms with Crippen LogP contribution in [0.4, 0.5) is 0 Å². The lowest BCUT2D eigenvalue weighted by molar-refractivity contribution is 0.103. The van der Waals surface area contributed by atoms with Gasteiger partial charge in [-0.3, -0.25) is 4.79 Å². The van der Waals surface area contributed by atoms with Gasteiger partial charge in [0.2, 0.25) is 5.78 Å². The largest absolute Gasteiger partial charge is 0.288 e. The lowest BCUT2D eigenvalue weighted by Gasteiger charge is -2.08. The smallest absolute Gasteiger partial charge is 0.204 e. The van der Waals surface area contributed by atoms with Gasteiger partial charge >= 0.3 is 0 Å². The number of rotatable bonds is 5. The van der Waals surface area contributed by atoms with E-state index in [0.29, 0.717) is 12.0 Å². The third-order valence-corrected chi connectivity index (χ3v) is 4.21. The summed E-state index contributed by atoms with van der Waals surface area (Å²) >= 11 is 1.48. The summed E-state index contributed by atoms with van der Waals surface area (Å²) in [4.78, 5) is 14.3. The molecule has 0 spiro atoms. The van der Waals surface area contributed by atoms with E-state index in [4.69, 9.17) is 0 Å². The second-order valence-corrected chi connectivity index (χ2v) is 5.54. The molecule has 0 aliphatic carbocycles. The van der Waals surface area contributed by atoms with Gasteiger partial charge < -0.3 is 0 Å². The molecule has 0 bridgehead atoms. The summed E-state index contributed by atoms with van der Waals surface area (Å²) in [6.07, 6.45) is 0.654. The van der Waals surface area contributed by atoms with Gasteiger partial charge in [-0.2, -0.15) is 5.26 Å². The third kappa shape index (κ3) is 3.84. The Morgan fingerprint density at radius 2 is 1.62 bits per heavy atom. The third-order valence-electron chi connectivity index (χ3n) is 2.96. The van der Waals surface area contributed by atoms with Gasteiger partial charge in [-0.1, -0.05) is 67.2 Å². The van der Waals surface area contributed by atoms with E-state index in [1.54, 1.807) is 24.3 Å². The lowest BCUT2D eigenvalue weighted by atomic mass is 10.0. The standard InChI is InChI=1S/C18H15NOS/c1-2-17(21-15-11-7-4-8-12-15)16(13-19)18(20)14-9-5-3-6-10-14/h3-12H,2H2,1H3/b17-16-. The SMILES string of the molecule is CC/C(Sc1ccccc1)=C(\C#N)C(=O)c1ccccc1. The van der Waals surface area contributed by atoms with Crippen molar-refractivity contribution >= 4 is 17.5 Å². The Balaban J connectivity index is 2.36. The van der Waals surface area contributed by atoms with E-state index < -0.39 is 0 Å². The van der Waals surface area contributed by atoms with Crippen LogP contribution in [0.25, 0.3) is 0 Å². The average Bonchev–Trinajstić information content (AvgIpc) is 2.56. The van der Waals surface area contributed by atoms with Crippen LogP contribution in [0.3, 0.4) is 0 Å². The Hall–Kier alpha value is -2.31. The maximum atomic E-state index is 12.5. The van der Waals surface area contributed by atoms with E-state index in [0.717, 1.165) is 9.80 Å². The first-order valence-corrected chi connectivity index (χ1v) is 7.53. The highest BCUT2D eigenvalue weighted by Gasteiger charge is 2.17. The minimum atomic E-state index is -0.210. The molecule has 0 aliphatic rings. The molecule has 0 atom stereocenters. The highest BCUT2D eigenvalue weighted by atomic mass is 32.2. The topological polar surface area (TPSA) is 40.9 Å². The molecule has 21 heavy (non-hydrogen) atoms. The molecule has 0 amide bonds. The summed E-state index contributed by atoms with van der Waals surface area (Å²) in [7, 11) is 0. The molecule has 0 aliphatic heterocycles. The number of Topliss-reactive ketones (excluding diaryl/α,β-unsaturated/α-hetero) is 1. The molecule has 2 aromatic carbocycles. The van der Waals surface area contributed by atoms with Crippen LogP contribution in [0.2, 0.25) is 0 Å². The molecule has 0 N–H and O–H groups in total. The highest BCUT2D eigenvalue weighted by molar-refractivity contribution is 8.03. The first-order chi connectivity index (χ1) is 10.3. The van der Waals surface area contributed by atoms with Gasteiger partial charge in [0.1, 0.15) is 11.6 Å². The zero-order valence-electron chi connectivity index (χ0n) is 11.7. The summed E-state index contributed by atoms with van der Waals surface area (Å²) in [6, 6.07) is 20.8. The van der Waals surface area contributed by atoms with Crippen molar-refractivity contribution in [3.05, 3.63) is 76.7 Å². The van der Waals surface area contributed by atoms with Crippen LogP contribution in [-0.2, 0) is 0 Å². The number of carbonyl (C=O) groups is 1. The van der Waals surface area contributed by atoms with Crippen LogP contribution in [0.1, 0.15) is 23.7 Å². The number of thioether (sulfide) groups is 1. The minimum Gasteiger partial charge on any atom is -0.288 e. The van der Waals surface area contributed by atoms with Crippen molar-refractivity contribution in [1.29, 1.82) is 5.26 Å². The van der Waals surface area contributed by atoms with Gasteiger partial charge in [0.15, 0.2) is 0 Å². The number of ketones is 1. The molecule has 0 saturated carbocycles. The molecule has 0 saturated heterocycles. The zero-order chi connectivity index (χ0) is 15.1. The van der Waals surface area contributed by atoms with Crippen molar-refractivity contribution in [2.45, 2.75) is 18.2 Å². The van der Waals surface area contributed by atoms with E-state index in [9.17, 15) is 10.1 Å². The van der Waals surface area contributed by atoms with Crippen LogP contribution in [-0.4, -0.2) is 5.78 Å². The molecule has 0 fully saturated rings. The molecule has 2 aromatic rings. The summed E-state index contributed by atoms with van der Waals surface area (Å²) in [6.45, 7) is 1.96. The van der Waals surface area contributed by atoms with Gasteiger partial charge in [0.05, 0.1) is 0 Å². The number of hydrogen-bond donors (Lipinski definition) is 0. The quantitative estimate of drug-likeness (QED) is 0.342. The van der Waals surface area contributed by atoms with Crippen LogP contribution in [0, 0.1) is 11.3 Å². The second kappa shape index (κ2) is 7.47. The van der Waals surface area contributed by atoms with Crippen molar-refractivity contribution in [3.63, 3.8) is 0 Å². The molecular formula is C18H15NOS. The van der Waals surface area contributed by atoms with Crippen molar-refractivity contribution in [1.82, 2.24) is 0 Å². The number of hydrogen-bond acceptors (Lipinski definition) is 3. The van der Waals surface area contributed by atoms with E-state index in [2.05, 4.69) is 6.07 Å². The molecule has 0 unspecified atom stereocenters. The van der Waals surface area contributed by atoms with Crippen molar-refractivity contribution in [2.24, 2.45) is 0 Å². The van der Waals surface area contributed by atoms with Crippen molar-refractivity contribution < 1.29 is 4.79 Å². The van der Waals surface area contributed by atoms with Crippen molar-refractivity contribution in [2.75, 3.05) is 0 Å². The molecule has 0 aromatic heterocycles. The summed E-state index contributed by atoms with van der Waals surface area (Å²) in [5.41, 5.74) is 0.784. The number of benzene rings is 2. The van der Waals surface area contributed by atoms with Crippen LogP contribution >= 0.6 is 11.8 Å². The predicted molar refractivity (Wildman–Crippen MR) is 86.0 cm³/mol. The molecule has 2 nitrogen and oxygen atoms in total. The van der Waals surface area contributed by atoms with Gasteiger partial charge in [-0.25, -0.2) is 0 Å². The van der Waals surface area contributed by atoms with Gasteiger partial charge in [0, 0.05) is 15.4 Å². The number of allylic oxidation sites excluding steroid dienone is 2. The first-order valence-electron chi connectivity index (χ1n) is 6.72. The molecule has 2 rings (SSSR count). The fourth-order valence-electron chi connectivity index (χ4n) is 1.90. The predicted octanol–water partition coefficient (Wildman–Crippen LogP) is 4.85. The monoisotopic (exact) mass is 293 g/mol. The normalized spacial score (nSPS) is 11.4. The molecule has 0 heterocycles. The van der Waals surface area contributed by atoms with Crippen molar-refractivity contribution in [3.8, 4) is 6.07 Å². The van der Waals surface area contributed by atoms with Gasteiger partial charge in [-0.05, 0) is 18.6 Å². The van der Waals surface area contributed by atoms with Gasteiger partial charge in [-0.15, -0.1) is 0 Å². The molecule has 0 radical (unpaired) electrons. The Labute approximate surface area is 129 Å². The van der Waals surface area contributed by atoms with E-state index in [-0.39, 0.29) is 11.4 Å². The average molecular weight is 293 g/mol. The van der Waals surface area contributed by atoms with E-state index in [1.807, 2.05) is 43.3 Å². The Bertz CT molecular complexity index is 684. The number of carbonyl (C=O) groups excluding carboxylic acids is 1. The fourth-order valence-corrected chi connectivity index (χ4v) is 2.87. The van der Waals surface area contributed by atoms with Gasteiger partial charge in [0.25, 0.3) is 0 Å². The van der Waals surface area contributed by atoms with E-state index >= 15 is 0 Å². The molecule has 104 valence electrons. The maximum Gasteiger partial charge on any atom is 0.204 e. The second-order valence-electron chi connectivity index (χ2n) is 4.37. The van der Waals surface area contributed by atoms with Crippen LogP contribution < -0.4 is 0 Å². The van der Waals surface area contributed by atoms with E-state index in [1.165, 1.54) is 11.8 Å². The Kier molecular flexibility index (Phi) is 5.36. The fraction of sp³-hybridized carbons (Fsp3) is 0.111. The summed E-state index contributed by atoms with van der Waals surface area (Å²) in [5.74, 6) is -0.210. The lowest BCUT2D eigenvalue weighted by Crippen LogP contribution is -2.04. The summed E-state index contributed by atoms with van der Waals surface area (Å²) in [5, 5.41) is 9.40. The zero-order valence-corrected chi connectivity index (χ0v) is 12.6.